The number of aromatic nitrogens is 1. The summed E-state index contributed by atoms with van der Waals surface area (Å²) in [6.45, 7) is 2.81. The van der Waals surface area contributed by atoms with Gasteiger partial charge in [-0.3, -0.25) is 4.79 Å². The number of likely N-dealkylation sites (tertiary alicyclic amines) is 1. The van der Waals surface area contributed by atoms with Gasteiger partial charge < -0.3 is 16.0 Å². The van der Waals surface area contributed by atoms with Gasteiger partial charge in [-0.15, -0.1) is 36.2 Å². The van der Waals surface area contributed by atoms with Crippen molar-refractivity contribution in [2.75, 3.05) is 19.6 Å². The lowest BCUT2D eigenvalue weighted by Crippen LogP contribution is -2.45. The first-order chi connectivity index (χ1) is 9.76. The molecule has 5 nitrogen and oxygen atoms in total. The van der Waals surface area contributed by atoms with Gasteiger partial charge in [0.15, 0.2) is 0 Å². The third-order valence-electron chi connectivity index (χ3n) is 4.07. The van der Waals surface area contributed by atoms with Crippen LogP contribution in [0.2, 0.25) is 0 Å². The van der Waals surface area contributed by atoms with Gasteiger partial charge in [-0.25, -0.2) is 4.98 Å². The number of rotatable bonds is 5. The Hall–Kier alpha value is -0.400. The molecule has 3 N–H and O–H groups in total. The SMILES string of the molecule is Cl.Cl.NCCc1nc(C(=O)NC2CCN(C3CC3)CC2)cs1. The quantitative estimate of drug-likeness (QED) is 0.833. The van der Waals surface area contributed by atoms with Gasteiger partial charge in [0.1, 0.15) is 5.69 Å². The Bertz CT molecular complexity index is 473. The maximum atomic E-state index is 12.1. The minimum Gasteiger partial charge on any atom is -0.348 e. The normalized spacial score (nSPS) is 19.1. The summed E-state index contributed by atoms with van der Waals surface area (Å²) in [5, 5.41) is 5.90. The van der Waals surface area contributed by atoms with E-state index >= 15 is 0 Å². The summed E-state index contributed by atoms with van der Waals surface area (Å²) >= 11 is 1.52. The molecule has 0 unspecified atom stereocenters. The number of hydrogen-bond acceptors (Lipinski definition) is 5. The summed E-state index contributed by atoms with van der Waals surface area (Å²) in [5.41, 5.74) is 6.04. The molecule has 1 saturated heterocycles. The van der Waals surface area contributed by atoms with Crippen LogP contribution in [0.15, 0.2) is 5.38 Å². The van der Waals surface area contributed by atoms with Crippen LogP contribution in [0, 0.1) is 0 Å². The van der Waals surface area contributed by atoms with Gasteiger partial charge in [0, 0.05) is 37.0 Å². The number of halogens is 2. The van der Waals surface area contributed by atoms with E-state index in [2.05, 4.69) is 15.2 Å². The lowest BCUT2D eigenvalue weighted by molar-refractivity contribution is 0.0904. The fraction of sp³-hybridized carbons (Fsp3) is 0.714. The van der Waals surface area contributed by atoms with Gasteiger partial charge in [-0.2, -0.15) is 0 Å². The summed E-state index contributed by atoms with van der Waals surface area (Å²) in [6.07, 6.45) is 5.58. The van der Waals surface area contributed by atoms with Crippen molar-refractivity contribution >= 4 is 42.1 Å². The average Bonchev–Trinajstić information content (AvgIpc) is 3.20. The van der Waals surface area contributed by atoms with Crippen LogP contribution in [0.3, 0.4) is 0 Å². The molecule has 8 heteroatoms. The van der Waals surface area contributed by atoms with Crippen LogP contribution in [-0.4, -0.2) is 47.5 Å². The molecule has 1 amide bonds. The highest BCUT2D eigenvalue weighted by Crippen LogP contribution is 2.29. The zero-order valence-electron chi connectivity index (χ0n) is 12.5. The Balaban J connectivity index is 0.00000121. The first-order valence-corrected chi connectivity index (χ1v) is 8.33. The highest BCUT2D eigenvalue weighted by molar-refractivity contribution is 7.09. The Kier molecular flexibility index (Phi) is 8.07. The van der Waals surface area contributed by atoms with E-state index in [1.807, 2.05) is 5.38 Å². The van der Waals surface area contributed by atoms with Gasteiger partial charge in [-0.1, -0.05) is 0 Å². The van der Waals surface area contributed by atoms with E-state index in [0.717, 1.165) is 43.4 Å². The number of nitrogens with zero attached hydrogens (tertiary/aromatic N) is 2. The molecule has 126 valence electrons. The van der Waals surface area contributed by atoms with Gasteiger partial charge in [-0.05, 0) is 32.2 Å². The van der Waals surface area contributed by atoms with Gasteiger partial charge in [0.2, 0.25) is 0 Å². The minimum absolute atomic E-state index is 0. The lowest BCUT2D eigenvalue weighted by atomic mass is 10.0. The predicted octanol–water partition coefficient (Wildman–Crippen LogP) is 1.84. The van der Waals surface area contributed by atoms with Crippen LogP contribution < -0.4 is 11.1 Å². The molecular weight excluding hydrogens is 343 g/mol. The number of carbonyl (C=O) groups excluding carboxylic acids is 1. The molecule has 2 aliphatic rings. The smallest absolute Gasteiger partial charge is 0.270 e. The third kappa shape index (κ3) is 5.06. The topological polar surface area (TPSA) is 71.2 Å². The Morgan fingerprint density at radius 3 is 2.59 bits per heavy atom. The zero-order valence-corrected chi connectivity index (χ0v) is 14.9. The summed E-state index contributed by atoms with van der Waals surface area (Å²) in [6, 6.07) is 1.14. The van der Waals surface area contributed by atoms with E-state index in [-0.39, 0.29) is 30.7 Å². The largest absolute Gasteiger partial charge is 0.348 e. The second kappa shape index (κ2) is 9.03. The second-order valence-electron chi connectivity index (χ2n) is 5.68. The van der Waals surface area contributed by atoms with Crippen LogP contribution in [0.1, 0.15) is 41.2 Å². The fourth-order valence-electron chi connectivity index (χ4n) is 2.76. The number of piperidine rings is 1. The average molecular weight is 367 g/mol. The molecule has 0 radical (unpaired) electrons. The molecule has 1 aromatic rings. The van der Waals surface area contributed by atoms with Crippen LogP contribution in [-0.2, 0) is 6.42 Å². The predicted molar refractivity (Wildman–Crippen MR) is 94.5 cm³/mol. The molecule has 2 heterocycles. The van der Waals surface area contributed by atoms with Crippen LogP contribution in [0.4, 0.5) is 0 Å². The molecule has 0 spiro atoms. The number of hydrogen-bond donors (Lipinski definition) is 2. The van der Waals surface area contributed by atoms with Crippen molar-refractivity contribution in [2.24, 2.45) is 5.73 Å². The van der Waals surface area contributed by atoms with Gasteiger partial charge in [0.25, 0.3) is 5.91 Å². The molecule has 0 atom stereocenters. The van der Waals surface area contributed by atoms with Crippen molar-refractivity contribution in [1.29, 1.82) is 0 Å². The summed E-state index contributed by atoms with van der Waals surface area (Å²) in [7, 11) is 0. The van der Waals surface area contributed by atoms with E-state index in [9.17, 15) is 4.79 Å². The van der Waals surface area contributed by atoms with Crippen molar-refractivity contribution in [3.8, 4) is 0 Å². The molecule has 1 aliphatic carbocycles. The molecule has 1 saturated carbocycles. The van der Waals surface area contributed by atoms with Crippen LogP contribution in [0.5, 0.6) is 0 Å². The second-order valence-corrected chi connectivity index (χ2v) is 6.62. The molecule has 1 aliphatic heterocycles. The molecule has 2 fully saturated rings. The Morgan fingerprint density at radius 2 is 2.00 bits per heavy atom. The van der Waals surface area contributed by atoms with Crippen LogP contribution >= 0.6 is 36.2 Å². The van der Waals surface area contributed by atoms with Gasteiger partial charge in [0.05, 0.1) is 5.01 Å². The summed E-state index contributed by atoms with van der Waals surface area (Å²) in [4.78, 5) is 19.0. The number of nitrogens with one attached hydrogen (secondary N) is 1. The molecule has 0 bridgehead atoms. The van der Waals surface area contributed by atoms with E-state index in [4.69, 9.17) is 5.73 Å². The van der Waals surface area contributed by atoms with Crippen molar-refractivity contribution < 1.29 is 4.79 Å². The standard InChI is InChI=1S/C14H22N4OS.2ClH/c15-6-3-13-17-12(9-20-13)14(19)16-10-4-7-18(8-5-10)11-1-2-11;;/h9-11H,1-8,15H2,(H,16,19);2*1H. The van der Waals surface area contributed by atoms with E-state index in [0.29, 0.717) is 18.3 Å². The molecular formula is C14H24Cl2N4OS. The molecule has 0 aromatic carbocycles. The maximum Gasteiger partial charge on any atom is 0.270 e. The molecule has 3 rings (SSSR count). The van der Waals surface area contributed by atoms with E-state index < -0.39 is 0 Å². The first-order valence-electron chi connectivity index (χ1n) is 7.45. The number of nitrogens with two attached hydrogens (primary N) is 1. The van der Waals surface area contributed by atoms with E-state index in [1.165, 1.54) is 24.2 Å². The zero-order chi connectivity index (χ0) is 13.9. The lowest BCUT2D eigenvalue weighted by Gasteiger charge is -2.32. The summed E-state index contributed by atoms with van der Waals surface area (Å²) in [5.74, 6) is -0.0330. The molecule has 22 heavy (non-hydrogen) atoms. The third-order valence-corrected chi connectivity index (χ3v) is 4.98. The van der Waals surface area contributed by atoms with E-state index in [1.54, 1.807) is 0 Å². The Labute approximate surface area is 147 Å². The number of thiazole rings is 1. The Morgan fingerprint density at radius 1 is 1.32 bits per heavy atom. The van der Waals surface area contributed by atoms with Crippen molar-refractivity contribution in [2.45, 2.75) is 44.2 Å². The van der Waals surface area contributed by atoms with Crippen molar-refractivity contribution in [3.05, 3.63) is 16.1 Å². The van der Waals surface area contributed by atoms with Gasteiger partial charge >= 0.3 is 0 Å². The van der Waals surface area contributed by atoms with Crippen molar-refractivity contribution in [1.82, 2.24) is 15.2 Å². The van der Waals surface area contributed by atoms with Crippen molar-refractivity contribution in [3.63, 3.8) is 0 Å². The first kappa shape index (κ1) is 19.6. The highest BCUT2D eigenvalue weighted by Gasteiger charge is 2.32. The number of amides is 1. The molecule has 1 aromatic heterocycles. The summed E-state index contributed by atoms with van der Waals surface area (Å²) < 4.78 is 0. The minimum atomic E-state index is -0.0330. The highest BCUT2D eigenvalue weighted by atomic mass is 35.5. The fourth-order valence-corrected chi connectivity index (χ4v) is 3.56. The monoisotopic (exact) mass is 366 g/mol. The maximum absolute atomic E-state index is 12.1. The van der Waals surface area contributed by atoms with Crippen LogP contribution in [0.25, 0.3) is 0 Å². The number of carbonyl (C=O) groups is 1.